The summed E-state index contributed by atoms with van der Waals surface area (Å²) in [5.41, 5.74) is 8.21. The lowest BCUT2D eigenvalue weighted by Crippen LogP contribution is -2.38. The Kier molecular flexibility index (Phi) is 4.63. The maximum atomic E-state index is 12.6. The van der Waals surface area contributed by atoms with Gasteiger partial charge in [0.15, 0.2) is 0 Å². The van der Waals surface area contributed by atoms with E-state index in [0.29, 0.717) is 5.69 Å². The topological polar surface area (TPSA) is 63.4 Å². The molecule has 0 radical (unpaired) electrons. The first-order valence-corrected chi connectivity index (χ1v) is 7.87. The Morgan fingerprint density at radius 1 is 1.16 bits per heavy atom. The van der Waals surface area contributed by atoms with Crippen molar-refractivity contribution in [3.63, 3.8) is 0 Å². The summed E-state index contributed by atoms with van der Waals surface area (Å²) in [5, 5.41) is 0. The van der Waals surface area contributed by atoms with Crippen LogP contribution in [0, 0.1) is 19.8 Å². The van der Waals surface area contributed by atoms with Crippen molar-refractivity contribution < 1.29 is 8.42 Å². The number of rotatable bonds is 4. The summed E-state index contributed by atoms with van der Waals surface area (Å²) in [6.45, 7) is 9.68. The van der Waals surface area contributed by atoms with Gasteiger partial charge in [0.2, 0.25) is 10.0 Å². The zero-order valence-corrected chi connectivity index (χ0v) is 13.4. The molecule has 1 aromatic rings. The van der Waals surface area contributed by atoms with Gasteiger partial charge >= 0.3 is 0 Å². The summed E-state index contributed by atoms with van der Waals surface area (Å²) >= 11 is 0. The van der Waals surface area contributed by atoms with Crippen molar-refractivity contribution in [2.45, 2.75) is 45.6 Å². The SMILES string of the molecule is Cc1cc(S(=O)(=O)N(C)C(C)C(C)C)cc(N)c1C. The lowest BCUT2D eigenvalue weighted by Gasteiger charge is -2.27. The van der Waals surface area contributed by atoms with Crippen molar-refractivity contribution in [1.82, 2.24) is 4.31 Å². The largest absolute Gasteiger partial charge is 0.398 e. The molecule has 0 aliphatic rings. The number of nitrogens with two attached hydrogens (primary N) is 1. The summed E-state index contributed by atoms with van der Waals surface area (Å²) in [6.07, 6.45) is 0. The second kappa shape index (κ2) is 5.51. The summed E-state index contributed by atoms with van der Waals surface area (Å²) < 4.78 is 26.5. The number of hydrogen-bond donors (Lipinski definition) is 1. The number of hydrogen-bond acceptors (Lipinski definition) is 3. The molecule has 1 aromatic carbocycles. The van der Waals surface area contributed by atoms with Crippen LogP contribution in [-0.4, -0.2) is 25.8 Å². The van der Waals surface area contributed by atoms with Crippen LogP contribution < -0.4 is 5.73 Å². The summed E-state index contributed by atoms with van der Waals surface area (Å²) in [4.78, 5) is 0.267. The van der Waals surface area contributed by atoms with Crippen molar-refractivity contribution >= 4 is 15.7 Å². The van der Waals surface area contributed by atoms with Crippen LogP contribution in [0.2, 0.25) is 0 Å². The molecule has 4 nitrogen and oxygen atoms in total. The third-order valence-electron chi connectivity index (χ3n) is 3.90. The Balaban J connectivity index is 3.28. The lowest BCUT2D eigenvalue weighted by atomic mass is 10.1. The van der Waals surface area contributed by atoms with Crippen molar-refractivity contribution in [3.8, 4) is 0 Å². The van der Waals surface area contributed by atoms with Gasteiger partial charge in [-0.05, 0) is 49.9 Å². The molecule has 108 valence electrons. The van der Waals surface area contributed by atoms with E-state index >= 15 is 0 Å². The minimum atomic E-state index is -3.49. The lowest BCUT2D eigenvalue weighted by molar-refractivity contribution is 0.316. The first-order valence-electron chi connectivity index (χ1n) is 6.43. The Morgan fingerprint density at radius 2 is 1.68 bits per heavy atom. The van der Waals surface area contributed by atoms with E-state index in [0.717, 1.165) is 11.1 Å². The molecule has 0 saturated heterocycles. The van der Waals surface area contributed by atoms with Crippen molar-refractivity contribution in [1.29, 1.82) is 0 Å². The van der Waals surface area contributed by atoms with E-state index < -0.39 is 10.0 Å². The smallest absolute Gasteiger partial charge is 0.243 e. The molecule has 2 N–H and O–H groups in total. The van der Waals surface area contributed by atoms with Crippen LogP contribution >= 0.6 is 0 Å². The molecule has 0 aliphatic carbocycles. The van der Waals surface area contributed by atoms with E-state index in [1.807, 2.05) is 34.6 Å². The van der Waals surface area contributed by atoms with Crippen molar-refractivity contribution in [2.75, 3.05) is 12.8 Å². The van der Waals surface area contributed by atoms with Crippen molar-refractivity contribution in [3.05, 3.63) is 23.3 Å². The predicted octanol–water partition coefficient (Wildman–Crippen LogP) is 2.55. The Bertz CT molecular complexity index is 542. The zero-order chi connectivity index (χ0) is 15.0. The number of sulfonamides is 1. The third-order valence-corrected chi connectivity index (χ3v) is 5.82. The zero-order valence-electron chi connectivity index (χ0n) is 12.6. The third kappa shape index (κ3) is 3.09. The number of benzene rings is 1. The summed E-state index contributed by atoms with van der Waals surface area (Å²) in [6, 6.07) is 3.17. The summed E-state index contributed by atoms with van der Waals surface area (Å²) in [5.74, 6) is 0.253. The number of aryl methyl sites for hydroxylation is 1. The first kappa shape index (κ1) is 16.0. The second-order valence-corrected chi connectivity index (χ2v) is 7.46. The van der Waals surface area contributed by atoms with Crippen LogP contribution in [0.4, 0.5) is 5.69 Å². The Labute approximate surface area is 116 Å². The van der Waals surface area contributed by atoms with E-state index in [2.05, 4.69) is 0 Å². The molecule has 0 fully saturated rings. The van der Waals surface area contributed by atoms with Crippen LogP contribution in [0.5, 0.6) is 0 Å². The van der Waals surface area contributed by atoms with E-state index in [1.54, 1.807) is 19.2 Å². The molecule has 0 aliphatic heterocycles. The molecule has 5 heteroatoms. The maximum Gasteiger partial charge on any atom is 0.243 e. The minimum Gasteiger partial charge on any atom is -0.398 e. The van der Waals surface area contributed by atoms with Gasteiger partial charge in [-0.15, -0.1) is 0 Å². The van der Waals surface area contributed by atoms with Gasteiger partial charge in [0.05, 0.1) is 4.90 Å². The average molecular weight is 284 g/mol. The molecule has 0 spiro atoms. The highest BCUT2D eigenvalue weighted by atomic mass is 32.2. The number of nitrogens with zero attached hydrogens (tertiary/aromatic N) is 1. The fourth-order valence-corrected chi connectivity index (χ4v) is 3.42. The molecule has 19 heavy (non-hydrogen) atoms. The maximum absolute atomic E-state index is 12.6. The van der Waals surface area contributed by atoms with E-state index in [9.17, 15) is 8.42 Å². The van der Waals surface area contributed by atoms with Gasteiger partial charge in [-0.1, -0.05) is 13.8 Å². The molecule has 1 unspecified atom stereocenters. The van der Waals surface area contributed by atoms with Gasteiger partial charge in [-0.25, -0.2) is 8.42 Å². The van der Waals surface area contributed by atoms with Crippen LogP contribution in [0.1, 0.15) is 31.9 Å². The quantitative estimate of drug-likeness (QED) is 0.864. The highest BCUT2D eigenvalue weighted by Crippen LogP contribution is 2.25. The average Bonchev–Trinajstić information content (AvgIpc) is 2.33. The molecule has 0 amide bonds. The normalized spacial score (nSPS) is 14.1. The van der Waals surface area contributed by atoms with Gasteiger partial charge in [0, 0.05) is 18.8 Å². The van der Waals surface area contributed by atoms with Gasteiger partial charge in [0.25, 0.3) is 0 Å². The van der Waals surface area contributed by atoms with E-state index in [1.165, 1.54) is 4.31 Å². The molecule has 0 heterocycles. The first-order chi connectivity index (χ1) is 8.59. The summed E-state index contributed by atoms with van der Waals surface area (Å²) in [7, 11) is -1.88. The fraction of sp³-hybridized carbons (Fsp3) is 0.571. The highest BCUT2D eigenvalue weighted by molar-refractivity contribution is 7.89. The van der Waals surface area contributed by atoms with E-state index in [4.69, 9.17) is 5.73 Å². The number of anilines is 1. The van der Waals surface area contributed by atoms with E-state index in [-0.39, 0.29) is 16.9 Å². The van der Waals surface area contributed by atoms with Crippen molar-refractivity contribution in [2.24, 2.45) is 5.92 Å². The highest BCUT2D eigenvalue weighted by Gasteiger charge is 2.27. The standard InChI is InChI=1S/C14H24N2O2S/c1-9(2)12(5)16(6)19(17,18)13-7-10(3)11(4)14(15)8-13/h7-9,12H,15H2,1-6H3. The molecule has 0 bridgehead atoms. The monoisotopic (exact) mass is 284 g/mol. The van der Waals surface area contributed by atoms with Gasteiger partial charge in [0.1, 0.15) is 0 Å². The van der Waals surface area contributed by atoms with Gasteiger partial charge in [-0.3, -0.25) is 0 Å². The minimum absolute atomic E-state index is 0.0622. The molecule has 1 rings (SSSR count). The van der Waals surface area contributed by atoms with Crippen LogP contribution in [0.15, 0.2) is 17.0 Å². The Morgan fingerprint density at radius 3 is 2.11 bits per heavy atom. The van der Waals surface area contributed by atoms with Gasteiger partial charge in [-0.2, -0.15) is 4.31 Å². The molecular weight excluding hydrogens is 260 g/mol. The molecular formula is C14H24N2O2S. The number of nitrogen functional groups attached to an aromatic ring is 1. The fourth-order valence-electron chi connectivity index (χ4n) is 1.81. The second-order valence-electron chi connectivity index (χ2n) is 5.46. The molecule has 1 atom stereocenters. The van der Waals surface area contributed by atoms with Crippen LogP contribution in [0.3, 0.4) is 0 Å². The van der Waals surface area contributed by atoms with Crippen LogP contribution in [0.25, 0.3) is 0 Å². The van der Waals surface area contributed by atoms with Crippen LogP contribution in [-0.2, 0) is 10.0 Å². The van der Waals surface area contributed by atoms with Gasteiger partial charge < -0.3 is 5.73 Å². The molecule has 0 saturated carbocycles. The Hall–Kier alpha value is -1.07. The predicted molar refractivity (Wildman–Crippen MR) is 79.6 cm³/mol. The molecule has 0 aromatic heterocycles.